The van der Waals surface area contributed by atoms with Crippen LogP contribution in [0.4, 0.5) is 0 Å². The van der Waals surface area contributed by atoms with E-state index in [-0.39, 0.29) is 12.4 Å². The van der Waals surface area contributed by atoms with Gasteiger partial charge >= 0.3 is 5.97 Å². The van der Waals surface area contributed by atoms with Crippen LogP contribution in [0.3, 0.4) is 0 Å². The van der Waals surface area contributed by atoms with E-state index in [9.17, 15) is 19.5 Å². The van der Waals surface area contributed by atoms with Crippen LogP contribution in [0.15, 0.2) is 40.5 Å². The lowest BCUT2D eigenvalue weighted by molar-refractivity contribution is -0.307. The molecule has 1 aromatic rings. The number of ether oxygens (including phenoxy) is 2. The number of hydrogen-bond acceptors (Lipinski definition) is 7. The number of carbonyl (C=O) groups excluding carboxylic acids is 3. The molecule has 0 aromatic heterocycles. The maximum atomic E-state index is 12.8. The van der Waals surface area contributed by atoms with Crippen LogP contribution in [0.2, 0.25) is 0 Å². The molecule has 0 fully saturated rings. The lowest BCUT2D eigenvalue weighted by Gasteiger charge is -2.35. The van der Waals surface area contributed by atoms with Gasteiger partial charge in [0.15, 0.2) is 5.78 Å². The van der Waals surface area contributed by atoms with Crippen LogP contribution in [-0.2, 0) is 19.1 Å². The van der Waals surface area contributed by atoms with Crippen molar-refractivity contribution in [2.75, 3.05) is 13.2 Å². The van der Waals surface area contributed by atoms with Crippen molar-refractivity contribution in [2.45, 2.75) is 39.0 Å². The van der Waals surface area contributed by atoms with Gasteiger partial charge in [0.1, 0.15) is 18.3 Å². The number of allylic oxidation sites excluding steroid dienone is 2. The van der Waals surface area contributed by atoms with Gasteiger partial charge in [-0.3, -0.25) is 14.6 Å². The Bertz CT molecular complexity index is 869. The zero-order valence-corrected chi connectivity index (χ0v) is 15.9. The van der Waals surface area contributed by atoms with E-state index >= 15 is 0 Å². The Kier molecular flexibility index (Phi) is 5.92. The number of ketones is 1. The second-order valence-electron chi connectivity index (χ2n) is 6.80. The summed E-state index contributed by atoms with van der Waals surface area (Å²) in [6.45, 7) is 3.05. The van der Waals surface area contributed by atoms with E-state index in [1.807, 2.05) is 0 Å². The minimum absolute atomic E-state index is 0.0495. The van der Waals surface area contributed by atoms with Crippen molar-refractivity contribution in [3.63, 3.8) is 0 Å². The zero-order chi connectivity index (χ0) is 20.3. The highest BCUT2D eigenvalue weighted by molar-refractivity contribution is 6.09. The Morgan fingerprint density at radius 3 is 2.71 bits per heavy atom. The number of aliphatic imine (C=N–C) groups is 1. The van der Waals surface area contributed by atoms with Crippen molar-refractivity contribution in [1.82, 2.24) is 0 Å². The lowest BCUT2D eigenvalue weighted by atomic mass is 9.71. The van der Waals surface area contributed by atoms with Crippen molar-refractivity contribution in [2.24, 2.45) is 10.9 Å². The number of carbonyl (C=O) groups is 3. The molecule has 3 rings (SSSR count). The normalized spacial score (nSPS) is 21.6. The van der Waals surface area contributed by atoms with E-state index in [0.717, 1.165) is 0 Å². The molecule has 0 spiro atoms. The van der Waals surface area contributed by atoms with Gasteiger partial charge in [-0.15, -0.1) is 0 Å². The van der Waals surface area contributed by atoms with Gasteiger partial charge in [0, 0.05) is 34.9 Å². The smallest absolute Gasteiger partial charge is 0.315 e. The fraction of sp³-hybridized carbons (Fsp3) is 0.429. The van der Waals surface area contributed by atoms with Crippen molar-refractivity contribution in [1.29, 1.82) is 0 Å². The maximum absolute atomic E-state index is 12.8. The maximum Gasteiger partial charge on any atom is 0.315 e. The molecule has 0 saturated heterocycles. The molecule has 7 nitrogen and oxygen atoms in total. The van der Waals surface area contributed by atoms with Crippen LogP contribution in [0.25, 0.3) is 0 Å². The summed E-state index contributed by atoms with van der Waals surface area (Å²) >= 11 is 0. The average Bonchev–Trinajstić information content (AvgIpc) is 2.66. The lowest BCUT2D eigenvalue weighted by Crippen LogP contribution is -2.37. The fourth-order valence-corrected chi connectivity index (χ4v) is 3.89. The predicted molar refractivity (Wildman–Crippen MR) is 98.8 cm³/mol. The first-order chi connectivity index (χ1) is 13.4. The second-order valence-corrected chi connectivity index (χ2v) is 6.80. The SMILES string of the molecule is CCOC(=O)C1C(C)=NC2=C(C(=O)CCC2)[C@H]1c1ccccc1OCC(=O)[O-]. The molecule has 1 unspecified atom stereocenters. The highest BCUT2D eigenvalue weighted by Gasteiger charge is 2.44. The molecule has 148 valence electrons. The van der Waals surface area contributed by atoms with Crippen LogP contribution in [-0.4, -0.2) is 36.6 Å². The molecular weight excluding hydrogens is 362 g/mol. The number of benzene rings is 1. The van der Waals surface area contributed by atoms with Crippen LogP contribution in [0.1, 0.15) is 44.6 Å². The first-order valence-electron chi connectivity index (χ1n) is 9.33. The summed E-state index contributed by atoms with van der Waals surface area (Å²) in [6, 6.07) is 6.83. The Hall–Kier alpha value is -2.96. The molecule has 1 heterocycles. The monoisotopic (exact) mass is 384 g/mol. The molecule has 0 N–H and O–H groups in total. The van der Waals surface area contributed by atoms with E-state index < -0.39 is 30.4 Å². The molecular formula is C21H22NO6-. The highest BCUT2D eigenvalue weighted by Crippen LogP contribution is 2.46. The zero-order valence-electron chi connectivity index (χ0n) is 15.9. The number of carboxylic acid groups (broad SMARTS) is 1. The van der Waals surface area contributed by atoms with Gasteiger partial charge in [-0.2, -0.15) is 0 Å². The number of hydrogen-bond donors (Lipinski definition) is 0. The summed E-state index contributed by atoms with van der Waals surface area (Å²) in [4.78, 5) is 41.0. The molecule has 28 heavy (non-hydrogen) atoms. The first kappa shape index (κ1) is 19.8. The molecule has 0 saturated carbocycles. The van der Waals surface area contributed by atoms with E-state index in [2.05, 4.69) is 4.99 Å². The van der Waals surface area contributed by atoms with Crippen LogP contribution >= 0.6 is 0 Å². The minimum Gasteiger partial charge on any atom is -0.546 e. The standard InChI is InChI=1S/C21H23NO6/c1-3-27-21(26)18-12(2)22-14-8-6-9-15(23)20(14)19(18)13-7-4-5-10-16(13)28-11-17(24)25/h4-5,7,10,18-19H,3,6,8-9,11H2,1-2H3,(H,24,25)/p-1/t18?,19-/m0/s1. The van der Waals surface area contributed by atoms with E-state index in [1.54, 1.807) is 38.1 Å². The summed E-state index contributed by atoms with van der Waals surface area (Å²) in [5, 5.41) is 10.9. The van der Waals surface area contributed by atoms with Gasteiger partial charge in [0.05, 0.1) is 12.6 Å². The Morgan fingerprint density at radius 1 is 1.25 bits per heavy atom. The summed E-state index contributed by atoms with van der Waals surface area (Å²) < 4.78 is 10.7. The summed E-state index contributed by atoms with van der Waals surface area (Å²) in [7, 11) is 0. The summed E-state index contributed by atoms with van der Waals surface area (Å²) in [5.74, 6) is -2.97. The predicted octanol–water partition coefficient (Wildman–Crippen LogP) is 1.56. The van der Waals surface area contributed by atoms with Gasteiger partial charge in [-0.1, -0.05) is 18.2 Å². The average molecular weight is 384 g/mol. The summed E-state index contributed by atoms with van der Waals surface area (Å²) in [6.07, 6.45) is 1.77. The van der Waals surface area contributed by atoms with Crippen molar-refractivity contribution in [3.8, 4) is 5.75 Å². The molecule has 0 amide bonds. The quantitative estimate of drug-likeness (QED) is 0.689. The van der Waals surface area contributed by atoms with Crippen LogP contribution in [0, 0.1) is 5.92 Å². The third-order valence-corrected chi connectivity index (χ3v) is 4.97. The largest absolute Gasteiger partial charge is 0.546 e. The molecule has 2 atom stereocenters. The van der Waals surface area contributed by atoms with Gasteiger partial charge < -0.3 is 19.4 Å². The number of nitrogens with zero attached hydrogens (tertiary/aromatic N) is 1. The topological polar surface area (TPSA) is 105 Å². The molecule has 0 bridgehead atoms. The van der Waals surface area contributed by atoms with Crippen molar-refractivity contribution >= 4 is 23.4 Å². The van der Waals surface area contributed by atoms with Gasteiger partial charge in [0.2, 0.25) is 0 Å². The first-order valence-corrected chi connectivity index (χ1v) is 9.33. The number of aliphatic carboxylic acids is 1. The van der Waals surface area contributed by atoms with E-state index in [4.69, 9.17) is 9.47 Å². The Balaban J connectivity index is 2.14. The minimum atomic E-state index is -1.35. The second kappa shape index (κ2) is 8.37. The van der Waals surface area contributed by atoms with Crippen LogP contribution in [0.5, 0.6) is 5.75 Å². The number of carboxylic acids is 1. The van der Waals surface area contributed by atoms with Crippen molar-refractivity contribution in [3.05, 3.63) is 41.1 Å². The number of rotatable bonds is 6. The Labute approximate surface area is 163 Å². The third kappa shape index (κ3) is 3.83. The molecule has 2 aliphatic rings. The van der Waals surface area contributed by atoms with E-state index in [1.165, 1.54) is 0 Å². The molecule has 1 aliphatic heterocycles. The van der Waals surface area contributed by atoms with Crippen LogP contribution < -0.4 is 9.84 Å². The molecule has 0 radical (unpaired) electrons. The highest BCUT2D eigenvalue weighted by atomic mass is 16.5. The van der Waals surface area contributed by atoms with Crippen molar-refractivity contribution < 1.29 is 29.0 Å². The third-order valence-electron chi connectivity index (χ3n) is 4.97. The van der Waals surface area contributed by atoms with E-state index in [0.29, 0.717) is 47.6 Å². The fourth-order valence-electron chi connectivity index (χ4n) is 3.89. The van der Waals surface area contributed by atoms with Gasteiger partial charge in [0.25, 0.3) is 0 Å². The van der Waals surface area contributed by atoms with Gasteiger partial charge in [-0.25, -0.2) is 0 Å². The number of esters is 1. The number of Topliss-reactive ketones (excluding diaryl/α,β-unsaturated/α-hetero) is 1. The molecule has 7 heteroatoms. The number of para-hydroxylation sites is 1. The Morgan fingerprint density at radius 2 is 2.00 bits per heavy atom. The van der Waals surface area contributed by atoms with Gasteiger partial charge in [-0.05, 0) is 32.8 Å². The summed E-state index contributed by atoms with van der Waals surface area (Å²) in [5.41, 5.74) is 2.33. The molecule has 1 aliphatic carbocycles. The molecule has 1 aromatic carbocycles.